The van der Waals surface area contributed by atoms with Gasteiger partial charge in [-0.1, -0.05) is 23.7 Å². The number of halogens is 2. The van der Waals surface area contributed by atoms with Crippen molar-refractivity contribution in [1.82, 2.24) is 4.90 Å². The molecule has 0 fully saturated rings. The largest absolute Gasteiger partial charge is 0.399 e. The number of allylic oxidation sites excluding steroid dienone is 2. The van der Waals surface area contributed by atoms with Crippen molar-refractivity contribution >= 4 is 11.6 Å². The molecule has 0 radical (unpaired) electrons. The lowest BCUT2D eigenvalue weighted by Gasteiger charge is -2.46. The highest BCUT2D eigenvalue weighted by Crippen LogP contribution is 2.55. The number of benzene rings is 1. The zero-order valence-corrected chi connectivity index (χ0v) is 16.3. The topological polar surface area (TPSA) is 101 Å². The van der Waals surface area contributed by atoms with Crippen molar-refractivity contribution in [3.05, 3.63) is 57.5 Å². The van der Waals surface area contributed by atoms with Gasteiger partial charge in [-0.05, 0) is 31.6 Å². The Labute approximate surface area is 168 Å². The SMILES string of the molecule is CC(C)N1CC=C2C(C#N)=C(N)C(C#N)(C#N)[C@@H](c3c(F)cccc3Cl)[C@@H]2C1. The zero-order valence-electron chi connectivity index (χ0n) is 15.6. The van der Waals surface area contributed by atoms with Crippen LogP contribution in [0.15, 0.2) is 41.1 Å². The fourth-order valence-corrected chi connectivity index (χ4v) is 4.52. The number of hydrogen-bond donors (Lipinski definition) is 1. The van der Waals surface area contributed by atoms with Crippen LogP contribution < -0.4 is 5.73 Å². The highest BCUT2D eigenvalue weighted by atomic mass is 35.5. The van der Waals surface area contributed by atoms with Gasteiger partial charge in [0.2, 0.25) is 0 Å². The van der Waals surface area contributed by atoms with Gasteiger partial charge >= 0.3 is 0 Å². The van der Waals surface area contributed by atoms with E-state index in [1.807, 2.05) is 32.1 Å². The van der Waals surface area contributed by atoms with Gasteiger partial charge in [0.05, 0.1) is 23.4 Å². The molecule has 2 aliphatic rings. The number of nitriles is 3. The first-order chi connectivity index (χ1) is 13.3. The van der Waals surface area contributed by atoms with E-state index in [0.717, 1.165) is 0 Å². The molecule has 0 aromatic heterocycles. The Kier molecular flexibility index (Phi) is 5.18. The monoisotopic (exact) mass is 395 g/mol. The van der Waals surface area contributed by atoms with E-state index in [-0.39, 0.29) is 27.9 Å². The molecule has 28 heavy (non-hydrogen) atoms. The summed E-state index contributed by atoms with van der Waals surface area (Å²) in [5.74, 6) is -1.99. The highest BCUT2D eigenvalue weighted by molar-refractivity contribution is 6.31. The maximum absolute atomic E-state index is 14.9. The van der Waals surface area contributed by atoms with Gasteiger partial charge < -0.3 is 5.73 Å². The number of rotatable bonds is 2. The zero-order chi connectivity index (χ0) is 20.6. The number of nitrogens with zero attached hydrogens (tertiary/aromatic N) is 4. The Bertz CT molecular complexity index is 971. The van der Waals surface area contributed by atoms with Gasteiger partial charge in [0.25, 0.3) is 0 Å². The molecule has 0 saturated heterocycles. The molecule has 2 atom stereocenters. The third-order valence-corrected chi connectivity index (χ3v) is 6.06. The first-order valence-electron chi connectivity index (χ1n) is 8.93. The average Bonchev–Trinajstić information content (AvgIpc) is 2.68. The number of fused-ring (bicyclic) bond motifs is 1. The Morgan fingerprint density at radius 1 is 1.29 bits per heavy atom. The van der Waals surface area contributed by atoms with E-state index < -0.39 is 23.1 Å². The summed E-state index contributed by atoms with van der Waals surface area (Å²) < 4.78 is 14.9. The Morgan fingerprint density at radius 2 is 1.96 bits per heavy atom. The molecule has 1 aliphatic heterocycles. The Morgan fingerprint density at radius 3 is 2.50 bits per heavy atom. The molecule has 1 aliphatic carbocycles. The third-order valence-electron chi connectivity index (χ3n) is 5.73. The normalized spacial score (nSPS) is 24.0. The maximum Gasteiger partial charge on any atom is 0.191 e. The molecule has 0 saturated carbocycles. The molecule has 3 rings (SSSR count). The predicted octanol–water partition coefficient (Wildman–Crippen LogP) is 3.61. The maximum atomic E-state index is 14.9. The van der Waals surface area contributed by atoms with Crippen LogP contribution in [-0.4, -0.2) is 24.0 Å². The minimum atomic E-state index is -1.89. The minimum Gasteiger partial charge on any atom is -0.399 e. The van der Waals surface area contributed by atoms with Crippen LogP contribution in [0.1, 0.15) is 25.3 Å². The van der Waals surface area contributed by atoms with Gasteiger partial charge in [0, 0.05) is 41.6 Å². The lowest BCUT2D eigenvalue weighted by Crippen LogP contribution is -2.49. The van der Waals surface area contributed by atoms with E-state index in [4.69, 9.17) is 17.3 Å². The quantitative estimate of drug-likeness (QED) is 0.824. The molecule has 5 nitrogen and oxygen atoms in total. The van der Waals surface area contributed by atoms with E-state index in [2.05, 4.69) is 11.0 Å². The fourth-order valence-electron chi connectivity index (χ4n) is 4.24. The second kappa shape index (κ2) is 7.28. The molecule has 1 heterocycles. The van der Waals surface area contributed by atoms with Crippen molar-refractivity contribution < 1.29 is 4.39 Å². The summed E-state index contributed by atoms with van der Waals surface area (Å²) in [5, 5.41) is 29.9. The van der Waals surface area contributed by atoms with Gasteiger partial charge in [0.1, 0.15) is 11.9 Å². The first kappa shape index (κ1) is 19.9. The molecule has 0 bridgehead atoms. The molecule has 0 amide bonds. The predicted molar refractivity (Wildman–Crippen MR) is 103 cm³/mol. The summed E-state index contributed by atoms with van der Waals surface area (Å²) >= 11 is 6.34. The van der Waals surface area contributed by atoms with Crippen molar-refractivity contribution in [2.24, 2.45) is 17.1 Å². The molecule has 142 valence electrons. The smallest absolute Gasteiger partial charge is 0.191 e. The summed E-state index contributed by atoms with van der Waals surface area (Å²) in [5.41, 5.74) is 5.07. The first-order valence-corrected chi connectivity index (χ1v) is 9.31. The van der Waals surface area contributed by atoms with Gasteiger partial charge in [-0.2, -0.15) is 15.8 Å². The highest BCUT2D eigenvalue weighted by Gasteiger charge is 2.55. The van der Waals surface area contributed by atoms with Gasteiger partial charge in [-0.3, -0.25) is 4.90 Å². The van der Waals surface area contributed by atoms with E-state index >= 15 is 0 Å². The average molecular weight is 396 g/mol. The summed E-state index contributed by atoms with van der Waals surface area (Å²) in [6.45, 7) is 5.13. The van der Waals surface area contributed by atoms with E-state index in [9.17, 15) is 20.2 Å². The molecule has 7 heteroatoms. The number of nitrogens with two attached hydrogens (primary N) is 1. The summed E-state index contributed by atoms with van der Waals surface area (Å²) in [4.78, 5) is 2.14. The second-order valence-electron chi connectivity index (χ2n) is 7.36. The Balaban J connectivity index is 2.37. The van der Waals surface area contributed by atoms with Crippen molar-refractivity contribution in [3.8, 4) is 18.2 Å². The lowest BCUT2D eigenvalue weighted by molar-refractivity contribution is 0.172. The Hall–Kier alpha value is -2.85. The molecule has 1 aromatic rings. The molecular formula is C21H19ClFN5. The van der Waals surface area contributed by atoms with Crippen LogP contribution in [0.4, 0.5) is 4.39 Å². The van der Waals surface area contributed by atoms with Crippen LogP contribution in [0.5, 0.6) is 0 Å². The lowest BCUT2D eigenvalue weighted by atomic mass is 9.58. The minimum absolute atomic E-state index is 0.0914. The van der Waals surface area contributed by atoms with Crippen LogP contribution in [-0.2, 0) is 0 Å². The van der Waals surface area contributed by atoms with Crippen LogP contribution in [0.3, 0.4) is 0 Å². The molecule has 1 aromatic carbocycles. The van der Waals surface area contributed by atoms with Crippen LogP contribution >= 0.6 is 11.6 Å². The van der Waals surface area contributed by atoms with E-state index in [1.54, 1.807) is 0 Å². The fraction of sp³-hybridized carbons (Fsp3) is 0.381. The summed E-state index contributed by atoms with van der Waals surface area (Å²) in [6.07, 6.45) is 1.89. The van der Waals surface area contributed by atoms with Crippen molar-refractivity contribution in [2.75, 3.05) is 13.1 Å². The molecule has 0 unspecified atom stereocenters. The van der Waals surface area contributed by atoms with E-state index in [1.165, 1.54) is 18.2 Å². The number of hydrogen-bond acceptors (Lipinski definition) is 5. The van der Waals surface area contributed by atoms with Gasteiger partial charge in [-0.15, -0.1) is 0 Å². The van der Waals surface area contributed by atoms with Crippen molar-refractivity contribution in [1.29, 1.82) is 15.8 Å². The van der Waals surface area contributed by atoms with Crippen molar-refractivity contribution in [2.45, 2.75) is 25.8 Å². The molecular weight excluding hydrogens is 377 g/mol. The second-order valence-corrected chi connectivity index (χ2v) is 7.77. The summed E-state index contributed by atoms with van der Waals surface area (Å²) in [7, 11) is 0. The van der Waals surface area contributed by atoms with Crippen molar-refractivity contribution in [3.63, 3.8) is 0 Å². The van der Waals surface area contributed by atoms with Gasteiger partial charge in [0.15, 0.2) is 5.41 Å². The standard InChI is InChI=1S/C21H19ClFN5/c1-12(2)28-7-6-13-14(8-24)20(27)21(10-25,11-26)19(15(13)9-28)18-16(22)4-3-5-17(18)23/h3-6,12,15,19H,7,9,27H2,1-2H3/t15-,19-/m1/s1. The van der Waals surface area contributed by atoms with Crippen LogP contribution in [0, 0.1) is 51.1 Å². The van der Waals surface area contributed by atoms with Crippen LogP contribution in [0.2, 0.25) is 5.02 Å². The third kappa shape index (κ3) is 2.76. The van der Waals surface area contributed by atoms with Crippen LogP contribution in [0.25, 0.3) is 0 Å². The van der Waals surface area contributed by atoms with Gasteiger partial charge in [-0.25, -0.2) is 4.39 Å². The van der Waals surface area contributed by atoms with E-state index in [0.29, 0.717) is 18.7 Å². The summed E-state index contributed by atoms with van der Waals surface area (Å²) in [6, 6.07) is 10.5. The molecule has 0 spiro atoms. The molecule has 2 N–H and O–H groups in total.